The maximum absolute atomic E-state index is 4.61. The summed E-state index contributed by atoms with van der Waals surface area (Å²) in [7, 11) is 0. The van der Waals surface area contributed by atoms with Gasteiger partial charge in [0.05, 0.1) is 0 Å². The van der Waals surface area contributed by atoms with Gasteiger partial charge in [0.1, 0.15) is 0 Å². The fourth-order valence-electron chi connectivity index (χ4n) is 2.44. The molecular formula is C13H25N3S. The van der Waals surface area contributed by atoms with Crippen LogP contribution < -0.4 is 5.32 Å². The van der Waals surface area contributed by atoms with Gasteiger partial charge in [-0.05, 0) is 31.7 Å². The lowest BCUT2D eigenvalue weighted by atomic mass is 10.1. The Kier molecular flexibility index (Phi) is 5.16. The van der Waals surface area contributed by atoms with E-state index in [1.54, 1.807) is 0 Å². The zero-order valence-electron chi connectivity index (χ0n) is 11.1. The van der Waals surface area contributed by atoms with Gasteiger partial charge in [-0.1, -0.05) is 25.6 Å². The van der Waals surface area contributed by atoms with Crippen molar-refractivity contribution >= 4 is 16.9 Å². The van der Waals surface area contributed by atoms with E-state index in [4.69, 9.17) is 0 Å². The van der Waals surface area contributed by atoms with Crippen LogP contribution in [0.25, 0.3) is 0 Å². The minimum absolute atomic E-state index is 0.655. The predicted octanol–water partition coefficient (Wildman–Crippen LogP) is 2.19. The Hall–Kier alpha value is -0.220. The first-order valence-corrected chi connectivity index (χ1v) is 7.92. The van der Waals surface area contributed by atoms with E-state index in [1.807, 2.05) is 11.8 Å². The molecule has 3 nitrogen and oxygen atoms in total. The molecule has 2 aliphatic heterocycles. The van der Waals surface area contributed by atoms with Gasteiger partial charge in [-0.3, -0.25) is 4.99 Å². The minimum Gasteiger partial charge on any atom is -0.362 e. The lowest BCUT2D eigenvalue weighted by Crippen LogP contribution is -2.44. The molecular weight excluding hydrogens is 230 g/mol. The molecule has 2 rings (SSSR count). The monoisotopic (exact) mass is 255 g/mol. The lowest BCUT2D eigenvalue weighted by Gasteiger charge is -2.33. The summed E-state index contributed by atoms with van der Waals surface area (Å²) >= 11 is 1.90. The molecule has 17 heavy (non-hydrogen) atoms. The number of aliphatic imine (C=N–C) groups is 1. The van der Waals surface area contributed by atoms with E-state index in [2.05, 4.69) is 29.1 Å². The highest BCUT2D eigenvalue weighted by Crippen LogP contribution is 2.18. The van der Waals surface area contributed by atoms with Crippen LogP contribution in [0, 0.1) is 5.92 Å². The number of nitrogens with zero attached hydrogens (tertiary/aromatic N) is 2. The molecule has 2 aliphatic rings. The van der Waals surface area contributed by atoms with Crippen LogP contribution in [0.1, 0.15) is 33.1 Å². The number of nitrogens with one attached hydrogen (secondary N) is 1. The predicted molar refractivity (Wildman–Crippen MR) is 76.8 cm³/mol. The highest BCUT2D eigenvalue weighted by Gasteiger charge is 2.20. The summed E-state index contributed by atoms with van der Waals surface area (Å²) < 4.78 is 0. The van der Waals surface area contributed by atoms with E-state index < -0.39 is 0 Å². The Morgan fingerprint density at radius 2 is 2.18 bits per heavy atom. The standard InChI is InChI=1S/C13H25N3S/c1-3-6-16-7-4-12(5-8-16)15-13-14-9-11(2)10-17-13/h11-12H,3-10H2,1-2H3,(H,14,15). The fourth-order valence-corrected chi connectivity index (χ4v) is 3.40. The molecule has 0 aromatic carbocycles. The van der Waals surface area contributed by atoms with Crippen molar-refractivity contribution in [2.45, 2.75) is 39.2 Å². The van der Waals surface area contributed by atoms with Crippen molar-refractivity contribution in [3.8, 4) is 0 Å². The van der Waals surface area contributed by atoms with Gasteiger partial charge in [0.15, 0.2) is 5.17 Å². The van der Waals surface area contributed by atoms with E-state index in [1.165, 1.54) is 49.8 Å². The Bertz CT molecular complexity index is 259. The van der Waals surface area contributed by atoms with E-state index >= 15 is 0 Å². The molecule has 2 heterocycles. The molecule has 0 saturated carbocycles. The summed E-state index contributed by atoms with van der Waals surface area (Å²) in [6, 6.07) is 0.655. The van der Waals surface area contributed by atoms with Gasteiger partial charge in [-0.15, -0.1) is 0 Å². The summed E-state index contributed by atoms with van der Waals surface area (Å²) in [4.78, 5) is 7.19. The first-order valence-electron chi connectivity index (χ1n) is 6.94. The Balaban J connectivity index is 1.71. The first-order chi connectivity index (χ1) is 8.28. The molecule has 1 atom stereocenters. The zero-order chi connectivity index (χ0) is 12.1. The molecule has 1 fully saturated rings. The van der Waals surface area contributed by atoms with E-state index in [-0.39, 0.29) is 0 Å². The van der Waals surface area contributed by atoms with Gasteiger partial charge in [-0.2, -0.15) is 0 Å². The topological polar surface area (TPSA) is 27.6 Å². The molecule has 4 heteroatoms. The molecule has 1 saturated heterocycles. The Morgan fingerprint density at radius 1 is 1.41 bits per heavy atom. The maximum atomic E-state index is 4.61. The third kappa shape index (κ3) is 4.18. The van der Waals surface area contributed by atoms with E-state index in [0.717, 1.165) is 12.5 Å². The van der Waals surface area contributed by atoms with Gasteiger partial charge in [0.25, 0.3) is 0 Å². The van der Waals surface area contributed by atoms with E-state index in [0.29, 0.717) is 6.04 Å². The van der Waals surface area contributed by atoms with Gasteiger partial charge in [0.2, 0.25) is 0 Å². The number of likely N-dealkylation sites (tertiary alicyclic amines) is 1. The van der Waals surface area contributed by atoms with Gasteiger partial charge in [-0.25, -0.2) is 0 Å². The molecule has 0 aromatic rings. The number of piperidine rings is 1. The summed E-state index contributed by atoms with van der Waals surface area (Å²) in [6.45, 7) is 9.30. The molecule has 0 amide bonds. The molecule has 1 N–H and O–H groups in total. The Labute approximate surface area is 109 Å². The van der Waals surface area contributed by atoms with Crippen LogP contribution in [0.3, 0.4) is 0 Å². The van der Waals surface area contributed by atoms with Gasteiger partial charge >= 0.3 is 0 Å². The fraction of sp³-hybridized carbons (Fsp3) is 0.923. The third-order valence-corrected chi connectivity index (χ3v) is 4.76. The van der Waals surface area contributed by atoms with Crippen molar-refractivity contribution in [3.05, 3.63) is 0 Å². The van der Waals surface area contributed by atoms with Crippen LogP contribution in [0.5, 0.6) is 0 Å². The number of thioether (sulfide) groups is 1. The van der Waals surface area contributed by atoms with Crippen molar-refractivity contribution in [1.82, 2.24) is 10.2 Å². The molecule has 0 bridgehead atoms. The highest BCUT2D eigenvalue weighted by molar-refractivity contribution is 8.13. The van der Waals surface area contributed by atoms with E-state index in [9.17, 15) is 0 Å². The normalized spacial score (nSPS) is 27.9. The first kappa shape index (κ1) is 13.2. The third-order valence-electron chi connectivity index (χ3n) is 3.51. The molecule has 1 unspecified atom stereocenters. The summed E-state index contributed by atoms with van der Waals surface area (Å²) in [5, 5.41) is 4.82. The molecule has 0 radical (unpaired) electrons. The van der Waals surface area contributed by atoms with Crippen molar-refractivity contribution < 1.29 is 0 Å². The average molecular weight is 255 g/mol. The smallest absolute Gasteiger partial charge is 0.156 e. The largest absolute Gasteiger partial charge is 0.362 e. The summed E-state index contributed by atoms with van der Waals surface area (Å²) in [5.41, 5.74) is 0. The van der Waals surface area contributed by atoms with Gasteiger partial charge < -0.3 is 10.2 Å². The molecule has 0 aromatic heterocycles. The van der Waals surface area contributed by atoms with Crippen molar-refractivity contribution in [2.24, 2.45) is 10.9 Å². The van der Waals surface area contributed by atoms with Gasteiger partial charge in [0, 0.05) is 31.4 Å². The number of amidine groups is 1. The average Bonchev–Trinajstić information content (AvgIpc) is 2.35. The SMILES string of the molecule is CCCN1CCC(NC2=NCC(C)CS2)CC1. The maximum Gasteiger partial charge on any atom is 0.156 e. The van der Waals surface area contributed by atoms with Crippen molar-refractivity contribution in [3.63, 3.8) is 0 Å². The highest BCUT2D eigenvalue weighted by atomic mass is 32.2. The number of hydrogen-bond acceptors (Lipinski definition) is 4. The van der Waals surface area contributed by atoms with Crippen LogP contribution >= 0.6 is 11.8 Å². The van der Waals surface area contributed by atoms with Crippen LogP contribution in [0.2, 0.25) is 0 Å². The van der Waals surface area contributed by atoms with Crippen molar-refractivity contribution in [2.75, 3.05) is 31.9 Å². The Morgan fingerprint density at radius 3 is 2.76 bits per heavy atom. The van der Waals surface area contributed by atoms with Crippen LogP contribution in [0.15, 0.2) is 4.99 Å². The quantitative estimate of drug-likeness (QED) is 0.838. The zero-order valence-corrected chi connectivity index (χ0v) is 11.9. The lowest BCUT2D eigenvalue weighted by molar-refractivity contribution is 0.207. The van der Waals surface area contributed by atoms with Crippen molar-refractivity contribution in [1.29, 1.82) is 0 Å². The minimum atomic E-state index is 0.655. The molecule has 98 valence electrons. The number of hydrogen-bond donors (Lipinski definition) is 1. The molecule has 0 aliphatic carbocycles. The van der Waals surface area contributed by atoms with Crippen LogP contribution in [-0.4, -0.2) is 48.0 Å². The second-order valence-corrected chi connectivity index (χ2v) is 6.33. The summed E-state index contributed by atoms with van der Waals surface area (Å²) in [5.74, 6) is 1.97. The second-order valence-electron chi connectivity index (χ2n) is 5.32. The summed E-state index contributed by atoms with van der Waals surface area (Å²) in [6.07, 6.45) is 3.82. The van der Waals surface area contributed by atoms with Crippen LogP contribution in [0.4, 0.5) is 0 Å². The number of rotatable bonds is 3. The second kappa shape index (κ2) is 6.64. The van der Waals surface area contributed by atoms with Crippen LogP contribution in [-0.2, 0) is 0 Å². The molecule has 0 spiro atoms.